The molecule has 0 saturated carbocycles. The van der Waals surface area contributed by atoms with Crippen molar-refractivity contribution in [1.29, 1.82) is 0 Å². The smallest absolute Gasteiger partial charge is 0.169 e. The van der Waals surface area contributed by atoms with Crippen molar-refractivity contribution in [1.82, 2.24) is 0 Å². The summed E-state index contributed by atoms with van der Waals surface area (Å²) in [4.78, 5) is 3.96. The number of quaternary nitrogens is 1. The van der Waals surface area contributed by atoms with Crippen LogP contribution in [0.15, 0.2) is 45.5 Å². The first-order valence-electron chi connectivity index (χ1n) is 6.79. The molecule has 0 spiro atoms. The van der Waals surface area contributed by atoms with E-state index in [0.29, 0.717) is 0 Å². The summed E-state index contributed by atoms with van der Waals surface area (Å²) in [5.41, 5.74) is 1.22. The van der Waals surface area contributed by atoms with Crippen LogP contribution in [0.25, 0.3) is 0 Å². The van der Waals surface area contributed by atoms with E-state index in [1.54, 1.807) is 4.90 Å². The van der Waals surface area contributed by atoms with Crippen molar-refractivity contribution in [3.8, 4) is 0 Å². The van der Waals surface area contributed by atoms with E-state index in [1.807, 2.05) is 30.3 Å². The van der Waals surface area contributed by atoms with Crippen molar-refractivity contribution in [2.45, 2.75) is 6.54 Å². The van der Waals surface area contributed by atoms with Crippen LogP contribution in [0, 0.1) is 0 Å². The fraction of sp³-hybridized carbons (Fsp3) is 0.333. The normalized spacial score (nSPS) is 16.6. The monoisotopic (exact) mass is 355 g/mol. The Bertz CT molecular complexity index is 579. The molecule has 1 fully saturated rings. The van der Waals surface area contributed by atoms with Gasteiger partial charge in [0.25, 0.3) is 0 Å². The van der Waals surface area contributed by atoms with Gasteiger partial charge >= 0.3 is 0 Å². The van der Waals surface area contributed by atoms with Crippen LogP contribution in [0.4, 0.5) is 5.69 Å². The first-order valence-corrected chi connectivity index (χ1v) is 7.96. The van der Waals surface area contributed by atoms with Gasteiger partial charge in [0.05, 0.1) is 26.2 Å². The second-order valence-corrected chi connectivity index (χ2v) is 6.32. The van der Waals surface area contributed by atoms with Gasteiger partial charge in [-0.15, -0.1) is 0 Å². The minimum Gasteiger partial charge on any atom is -0.448 e. The summed E-state index contributed by atoms with van der Waals surface area (Å²) >= 11 is 9.40. The molecular formula is C15H17BrClN2O+. The first kappa shape index (κ1) is 14.0. The summed E-state index contributed by atoms with van der Waals surface area (Å²) in [6.45, 7) is 5.29. The van der Waals surface area contributed by atoms with Crippen molar-refractivity contribution >= 4 is 33.2 Å². The predicted octanol–water partition coefficient (Wildman–Crippen LogP) is 2.60. The molecule has 5 heteroatoms. The van der Waals surface area contributed by atoms with Crippen molar-refractivity contribution in [2.24, 2.45) is 0 Å². The molecule has 0 aliphatic carbocycles. The van der Waals surface area contributed by atoms with Crippen LogP contribution in [-0.4, -0.2) is 26.2 Å². The van der Waals surface area contributed by atoms with Crippen molar-refractivity contribution in [3.05, 3.63) is 51.9 Å². The fourth-order valence-electron chi connectivity index (χ4n) is 2.62. The van der Waals surface area contributed by atoms with Crippen molar-refractivity contribution < 1.29 is 9.32 Å². The minimum atomic E-state index is 0.803. The maximum atomic E-state index is 6.05. The van der Waals surface area contributed by atoms with Gasteiger partial charge < -0.3 is 14.2 Å². The molecule has 1 aliphatic rings. The third-order valence-electron chi connectivity index (χ3n) is 3.70. The maximum absolute atomic E-state index is 6.05. The lowest BCUT2D eigenvalue weighted by atomic mass is 10.2. The molecule has 3 rings (SSSR count). The standard InChI is InChI=1S/C15H16BrClN2O/c16-15-5-4-14(20-15)11-18-6-8-19(9-7-18)13-3-1-2-12(17)10-13/h1-5,10H,6-9,11H2/p+1. The molecular weight excluding hydrogens is 340 g/mol. The molecule has 2 heterocycles. The topological polar surface area (TPSA) is 20.8 Å². The zero-order valence-electron chi connectivity index (χ0n) is 11.1. The van der Waals surface area contributed by atoms with Crippen LogP contribution in [0.5, 0.6) is 0 Å². The Morgan fingerprint density at radius 3 is 2.65 bits per heavy atom. The largest absolute Gasteiger partial charge is 0.448 e. The second kappa shape index (κ2) is 6.20. The lowest BCUT2D eigenvalue weighted by Crippen LogP contribution is -3.13. The predicted molar refractivity (Wildman–Crippen MR) is 84.5 cm³/mol. The van der Waals surface area contributed by atoms with Gasteiger partial charge in [-0.3, -0.25) is 0 Å². The highest BCUT2D eigenvalue weighted by Crippen LogP contribution is 2.19. The molecule has 0 amide bonds. The number of nitrogens with zero attached hydrogens (tertiary/aromatic N) is 1. The first-order chi connectivity index (χ1) is 9.70. The van der Waals surface area contributed by atoms with E-state index in [1.165, 1.54) is 5.69 Å². The Kier molecular flexibility index (Phi) is 4.34. The third kappa shape index (κ3) is 3.37. The number of furan rings is 1. The summed E-state index contributed by atoms with van der Waals surface area (Å²) in [6, 6.07) is 12.1. The zero-order chi connectivity index (χ0) is 13.9. The van der Waals surface area contributed by atoms with E-state index >= 15 is 0 Å². The molecule has 0 atom stereocenters. The number of nitrogens with one attached hydrogen (secondary N) is 1. The highest BCUT2D eigenvalue weighted by molar-refractivity contribution is 9.10. The number of rotatable bonds is 3. The second-order valence-electron chi connectivity index (χ2n) is 5.10. The Hall–Kier alpha value is -0.970. The Morgan fingerprint density at radius 2 is 2.00 bits per heavy atom. The molecule has 1 aromatic carbocycles. The average molecular weight is 357 g/mol. The molecule has 20 heavy (non-hydrogen) atoms. The molecule has 1 aliphatic heterocycles. The lowest BCUT2D eigenvalue weighted by Gasteiger charge is -2.33. The molecule has 0 bridgehead atoms. The van der Waals surface area contributed by atoms with E-state index in [-0.39, 0.29) is 0 Å². The van der Waals surface area contributed by atoms with Gasteiger partial charge in [0.2, 0.25) is 0 Å². The van der Waals surface area contributed by atoms with Gasteiger partial charge in [0.1, 0.15) is 6.54 Å². The van der Waals surface area contributed by atoms with E-state index in [0.717, 1.165) is 48.2 Å². The summed E-state index contributed by atoms with van der Waals surface area (Å²) in [5.74, 6) is 1.04. The van der Waals surface area contributed by atoms with Crippen LogP contribution in [-0.2, 0) is 6.54 Å². The summed E-state index contributed by atoms with van der Waals surface area (Å²) in [7, 11) is 0. The molecule has 0 unspecified atom stereocenters. The number of benzene rings is 1. The summed E-state index contributed by atoms with van der Waals surface area (Å²) in [6.07, 6.45) is 0. The van der Waals surface area contributed by atoms with Crippen molar-refractivity contribution in [3.63, 3.8) is 0 Å². The molecule has 0 radical (unpaired) electrons. The van der Waals surface area contributed by atoms with Crippen molar-refractivity contribution in [2.75, 3.05) is 31.1 Å². The molecule has 1 N–H and O–H groups in total. The number of hydrogen-bond acceptors (Lipinski definition) is 2. The number of piperazine rings is 1. The summed E-state index contributed by atoms with van der Waals surface area (Å²) < 4.78 is 6.39. The summed E-state index contributed by atoms with van der Waals surface area (Å²) in [5, 5.41) is 0.803. The maximum Gasteiger partial charge on any atom is 0.169 e. The van der Waals surface area contributed by atoms with E-state index < -0.39 is 0 Å². The van der Waals surface area contributed by atoms with Gasteiger partial charge in [-0.1, -0.05) is 17.7 Å². The van der Waals surface area contributed by atoms with Gasteiger partial charge in [-0.2, -0.15) is 0 Å². The van der Waals surface area contributed by atoms with Crippen LogP contribution < -0.4 is 9.80 Å². The van der Waals surface area contributed by atoms with Gasteiger partial charge in [-0.25, -0.2) is 0 Å². The van der Waals surface area contributed by atoms with Crippen LogP contribution >= 0.6 is 27.5 Å². The van der Waals surface area contributed by atoms with Crippen LogP contribution in [0.3, 0.4) is 0 Å². The van der Waals surface area contributed by atoms with E-state index in [2.05, 4.69) is 26.9 Å². The number of halogens is 2. The molecule has 2 aromatic rings. The average Bonchev–Trinajstić information content (AvgIpc) is 2.85. The van der Waals surface area contributed by atoms with Gasteiger partial charge in [0, 0.05) is 10.7 Å². The van der Waals surface area contributed by atoms with E-state index in [9.17, 15) is 0 Å². The SMILES string of the molecule is Clc1cccc(N2CC[NH+](Cc3ccc(Br)o3)CC2)c1. The zero-order valence-corrected chi connectivity index (χ0v) is 13.5. The number of hydrogen-bond donors (Lipinski definition) is 1. The quantitative estimate of drug-likeness (QED) is 0.912. The third-order valence-corrected chi connectivity index (χ3v) is 4.36. The Morgan fingerprint density at radius 1 is 1.20 bits per heavy atom. The van der Waals surface area contributed by atoms with Crippen LogP contribution in [0.2, 0.25) is 5.02 Å². The lowest BCUT2D eigenvalue weighted by molar-refractivity contribution is -0.915. The number of anilines is 1. The Labute approximate surface area is 132 Å². The van der Waals surface area contributed by atoms with E-state index in [4.69, 9.17) is 16.0 Å². The van der Waals surface area contributed by atoms with Gasteiger partial charge in [0.15, 0.2) is 10.4 Å². The van der Waals surface area contributed by atoms with Crippen LogP contribution in [0.1, 0.15) is 5.76 Å². The van der Waals surface area contributed by atoms with Gasteiger partial charge in [-0.05, 0) is 46.3 Å². The fourth-order valence-corrected chi connectivity index (χ4v) is 3.15. The Balaban J connectivity index is 1.57. The molecule has 1 aromatic heterocycles. The highest BCUT2D eigenvalue weighted by atomic mass is 79.9. The molecule has 1 saturated heterocycles. The molecule has 106 valence electrons. The highest BCUT2D eigenvalue weighted by Gasteiger charge is 2.21. The molecule has 3 nitrogen and oxygen atoms in total. The minimum absolute atomic E-state index is 0.803.